The smallest absolute Gasteiger partial charge is 0.337 e. The number of nitrogens with two attached hydrogens (primary N) is 1. The summed E-state index contributed by atoms with van der Waals surface area (Å²) in [7, 11) is 1.37. The van der Waals surface area contributed by atoms with Crippen molar-refractivity contribution in [2.45, 2.75) is 31.5 Å². The van der Waals surface area contributed by atoms with Crippen molar-refractivity contribution in [1.82, 2.24) is 14.9 Å². The minimum atomic E-state index is -0.339. The van der Waals surface area contributed by atoms with Gasteiger partial charge in [0.05, 0.1) is 12.7 Å². The molecular formula is C17H20N4O3S. The topological polar surface area (TPSA) is 92.3 Å². The third-order valence-electron chi connectivity index (χ3n) is 4.00. The van der Waals surface area contributed by atoms with E-state index in [9.17, 15) is 4.79 Å². The van der Waals surface area contributed by atoms with E-state index < -0.39 is 0 Å². The highest BCUT2D eigenvalue weighted by Crippen LogP contribution is 2.30. The normalized spacial score (nSPS) is 16.8. The number of nitrogens with zero attached hydrogens (tertiary/aromatic N) is 3. The maximum absolute atomic E-state index is 11.7. The number of hydrogen-bond donors (Lipinski definition) is 1. The Kier molecular flexibility index (Phi) is 4.98. The lowest BCUT2D eigenvalue weighted by Gasteiger charge is -2.10. The Morgan fingerprint density at radius 3 is 2.76 bits per heavy atom. The number of benzene rings is 1. The number of esters is 1. The van der Waals surface area contributed by atoms with Gasteiger partial charge in [0.1, 0.15) is 11.9 Å². The van der Waals surface area contributed by atoms with Crippen molar-refractivity contribution in [2.24, 2.45) is 0 Å². The number of thioether (sulfide) groups is 1. The van der Waals surface area contributed by atoms with Gasteiger partial charge in [-0.3, -0.25) is 0 Å². The van der Waals surface area contributed by atoms with Crippen LogP contribution in [-0.2, 0) is 14.3 Å². The zero-order valence-corrected chi connectivity index (χ0v) is 15.2. The molecule has 8 heteroatoms. The molecule has 0 aliphatic carbocycles. The van der Waals surface area contributed by atoms with Gasteiger partial charge in [-0.1, -0.05) is 41.6 Å². The number of ether oxygens (including phenoxy) is 2. The van der Waals surface area contributed by atoms with Crippen molar-refractivity contribution in [3.63, 3.8) is 0 Å². The monoisotopic (exact) mass is 360 g/mol. The van der Waals surface area contributed by atoms with E-state index in [2.05, 4.69) is 10.2 Å². The number of aromatic nitrogens is 3. The summed E-state index contributed by atoms with van der Waals surface area (Å²) in [5, 5.41) is 8.93. The van der Waals surface area contributed by atoms with Crippen molar-refractivity contribution in [2.75, 3.05) is 18.7 Å². The van der Waals surface area contributed by atoms with Gasteiger partial charge in [-0.2, -0.15) is 0 Å². The highest BCUT2D eigenvalue weighted by molar-refractivity contribution is 7.99. The first-order valence-corrected chi connectivity index (χ1v) is 8.83. The average Bonchev–Trinajstić information content (AvgIpc) is 3.16. The minimum Gasteiger partial charge on any atom is -0.493 e. The second-order valence-electron chi connectivity index (χ2n) is 5.82. The molecule has 1 unspecified atom stereocenters. The molecule has 0 fully saturated rings. The van der Waals surface area contributed by atoms with E-state index in [1.165, 1.54) is 29.1 Å². The van der Waals surface area contributed by atoms with E-state index in [0.29, 0.717) is 34.5 Å². The van der Waals surface area contributed by atoms with Crippen molar-refractivity contribution >= 4 is 17.7 Å². The first-order chi connectivity index (χ1) is 12.0. The number of carbonyl (C=O) groups excluding carboxylic acids is 1. The Labute approximate surface area is 150 Å². The SMILES string of the molecule is COC(=O)C1=C(C)OC(CSc2nnc(-c3ccc(C)cc3)n2N)C1. The lowest BCUT2D eigenvalue weighted by atomic mass is 10.1. The molecule has 0 amide bonds. The van der Waals surface area contributed by atoms with Crippen molar-refractivity contribution in [3.05, 3.63) is 41.2 Å². The molecule has 3 rings (SSSR count). The molecule has 0 saturated heterocycles. The fourth-order valence-electron chi connectivity index (χ4n) is 2.62. The Bertz CT molecular complexity index is 814. The highest BCUT2D eigenvalue weighted by Gasteiger charge is 2.29. The summed E-state index contributed by atoms with van der Waals surface area (Å²) in [6, 6.07) is 7.94. The summed E-state index contributed by atoms with van der Waals surface area (Å²) in [6.45, 7) is 3.80. The third-order valence-corrected chi connectivity index (χ3v) is 5.08. The number of nitrogen functional groups attached to an aromatic ring is 1. The number of carbonyl (C=O) groups is 1. The highest BCUT2D eigenvalue weighted by atomic mass is 32.2. The molecule has 0 bridgehead atoms. The van der Waals surface area contributed by atoms with Gasteiger partial charge < -0.3 is 15.3 Å². The molecule has 2 heterocycles. The quantitative estimate of drug-likeness (QED) is 0.497. The molecule has 132 valence electrons. The summed E-state index contributed by atoms with van der Waals surface area (Å²) in [5.74, 6) is 7.63. The van der Waals surface area contributed by atoms with Gasteiger partial charge in [0.2, 0.25) is 5.16 Å². The zero-order chi connectivity index (χ0) is 18.0. The molecule has 1 aliphatic heterocycles. The van der Waals surface area contributed by atoms with Crippen LogP contribution in [0.1, 0.15) is 18.9 Å². The molecule has 2 N–H and O–H groups in total. The van der Waals surface area contributed by atoms with E-state index in [0.717, 1.165) is 5.56 Å². The average molecular weight is 360 g/mol. The Morgan fingerprint density at radius 2 is 2.08 bits per heavy atom. The molecule has 7 nitrogen and oxygen atoms in total. The van der Waals surface area contributed by atoms with Crippen LogP contribution in [0.15, 0.2) is 40.8 Å². The van der Waals surface area contributed by atoms with E-state index in [1.54, 1.807) is 6.92 Å². The van der Waals surface area contributed by atoms with Gasteiger partial charge in [0.25, 0.3) is 0 Å². The van der Waals surface area contributed by atoms with Crippen LogP contribution < -0.4 is 5.84 Å². The van der Waals surface area contributed by atoms with E-state index >= 15 is 0 Å². The van der Waals surface area contributed by atoms with Crippen LogP contribution in [0.3, 0.4) is 0 Å². The van der Waals surface area contributed by atoms with Crippen LogP contribution in [0.25, 0.3) is 11.4 Å². The number of allylic oxidation sites excluding steroid dienone is 1. The lowest BCUT2D eigenvalue weighted by Crippen LogP contribution is -2.15. The van der Waals surface area contributed by atoms with Crippen LogP contribution >= 0.6 is 11.8 Å². The fraction of sp³-hybridized carbons (Fsp3) is 0.353. The maximum atomic E-state index is 11.7. The van der Waals surface area contributed by atoms with Gasteiger partial charge >= 0.3 is 5.97 Å². The molecule has 0 radical (unpaired) electrons. The first-order valence-electron chi connectivity index (χ1n) is 7.84. The molecule has 25 heavy (non-hydrogen) atoms. The Balaban J connectivity index is 1.64. The third kappa shape index (κ3) is 3.63. The van der Waals surface area contributed by atoms with E-state index in [-0.39, 0.29) is 12.1 Å². The van der Waals surface area contributed by atoms with Crippen LogP contribution in [0.2, 0.25) is 0 Å². The van der Waals surface area contributed by atoms with Crippen LogP contribution in [0.5, 0.6) is 0 Å². The standard InChI is InChI=1S/C17H20N4O3S/c1-10-4-6-12(7-5-10)15-19-20-17(21(15)18)25-9-13-8-14(11(2)24-13)16(22)23-3/h4-7,13H,8-9,18H2,1-3H3. The number of rotatable bonds is 5. The number of hydrogen-bond acceptors (Lipinski definition) is 7. The molecule has 2 aromatic rings. The second kappa shape index (κ2) is 7.18. The summed E-state index contributed by atoms with van der Waals surface area (Å²) in [6.07, 6.45) is 0.410. The summed E-state index contributed by atoms with van der Waals surface area (Å²) in [5.41, 5.74) is 2.67. The summed E-state index contributed by atoms with van der Waals surface area (Å²) >= 11 is 1.45. The van der Waals surface area contributed by atoms with Crippen molar-refractivity contribution < 1.29 is 14.3 Å². The fourth-order valence-corrected chi connectivity index (χ4v) is 3.46. The van der Waals surface area contributed by atoms with Gasteiger partial charge in [0.15, 0.2) is 5.82 Å². The van der Waals surface area contributed by atoms with Gasteiger partial charge in [0, 0.05) is 17.7 Å². The van der Waals surface area contributed by atoms with Crippen LogP contribution in [-0.4, -0.2) is 39.8 Å². The molecular weight excluding hydrogens is 340 g/mol. The van der Waals surface area contributed by atoms with Gasteiger partial charge in [-0.15, -0.1) is 10.2 Å². The van der Waals surface area contributed by atoms with E-state index in [1.807, 2.05) is 31.2 Å². The van der Waals surface area contributed by atoms with E-state index in [4.69, 9.17) is 15.3 Å². The van der Waals surface area contributed by atoms with Crippen LogP contribution in [0, 0.1) is 6.92 Å². The number of aryl methyl sites for hydroxylation is 1. The molecule has 1 aromatic heterocycles. The largest absolute Gasteiger partial charge is 0.493 e. The molecule has 0 spiro atoms. The lowest BCUT2D eigenvalue weighted by molar-refractivity contribution is -0.136. The van der Waals surface area contributed by atoms with Gasteiger partial charge in [-0.25, -0.2) is 9.47 Å². The predicted molar refractivity (Wildman–Crippen MR) is 95.3 cm³/mol. The van der Waals surface area contributed by atoms with Crippen LogP contribution in [0.4, 0.5) is 0 Å². The number of methoxy groups -OCH3 is 1. The molecule has 0 saturated carbocycles. The first kappa shape index (κ1) is 17.3. The zero-order valence-electron chi connectivity index (χ0n) is 14.4. The Morgan fingerprint density at radius 1 is 1.36 bits per heavy atom. The van der Waals surface area contributed by atoms with Gasteiger partial charge in [-0.05, 0) is 13.8 Å². The van der Waals surface area contributed by atoms with Crippen molar-refractivity contribution in [3.8, 4) is 11.4 Å². The van der Waals surface area contributed by atoms with Crippen molar-refractivity contribution in [1.29, 1.82) is 0 Å². The molecule has 1 aromatic carbocycles. The summed E-state index contributed by atoms with van der Waals surface area (Å²) in [4.78, 5) is 11.7. The summed E-state index contributed by atoms with van der Waals surface area (Å²) < 4.78 is 12.0. The second-order valence-corrected chi connectivity index (χ2v) is 6.81. The Hall–Kier alpha value is -2.48. The minimum absolute atomic E-state index is 0.112. The predicted octanol–water partition coefficient (Wildman–Crippen LogP) is 2.30. The molecule has 1 aliphatic rings. The molecule has 1 atom stereocenters. The maximum Gasteiger partial charge on any atom is 0.337 e.